The minimum atomic E-state index is 0.526. The van der Waals surface area contributed by atoms with Crippen molar-refractivity contribution in [2.24, 2.45) is 0 Å². The second-order valence-corrected chi connectivity index (χ2v) is 34.6. The van der Waals surface area contributed by atoms with Crippen molar-refractivity contribution in [1.82, 2.24) is 29.1 Å². The monoisotopic (exact) mass is 1610 g/mol. The summed E-state index contributed by atoms with van der Waals surface area (Å²) in [5, 5.41) is 24.1. The van der Waals surface area contributed by atoms with Gasteiger partial charge < -0.3 is 4.57 Å². The largest absolute Gasteiger partial charge is 0.307 e. The lowest BCUT2D eigenvalue weighted by Crippen LogP contribution is -2.07. The van der Waals surface area contributed by atoms with E-state index in [-0.39, 0.29) is 0 Å². The minimum absolute atomic E-state index is 0.526. The number of thiophene rings is 2. The fraction of sp³-hybridized carbons (Fsp3) is 0. The third kappa shape index (κ3) is 10.9. The van der Waals surface area contributed by atoms with E-state index in [4.69, 9.17) is 19.9 Å². The van der Waals surface area contributed by atoms with Crippen LogP contribution < -0.4 is 0 Å². The number of aromatic nitrogens is 6. The van der Waals surface area contributed by atoms with Gasteiger partial charge in [0.15, 0.2) is 11.6 Å². The van der Waals surface area contributed by atoms with E-state index in [1.807, 2.05) is 59.1 Å². The molecule has 6 nitrogen and oxygen atoms in total. The van der Waals surface area contributed by atoms with Gasteiger partial charge in [0.05, 0.1) is 33.5 Å². The SMILES string of the molecule is c1ccc(-c2nc(-c3ccccc3)nc(-n3c4ccccc4c4cc(-c5ccc(-c6ccc7c8ccccc8c8ccccc8c7c6)cc5-c5cccc(-c6ccc7c8ccccc8c8cc(-c9ccc(-c%10cccc%11c%10sc%10ccccc%10%11)nc9-c9cccc%10c9sc9ccccc9%10)ccc8c7c6)c5)c5c6ccccc6n(-c6ccccc6)c5c43)n2)cc1. The molecule has 20 aromatic carbocycles. The van der Waals surface area contributed by atoms with Gasteiger partial charge in [-0.25, -0.2) is 9.97 Å². The highest BCUT2D eigenvalue weighted by molar-refractivity contribution is 7.26. The fourth-order valence-corrected chi connectivity index (χ4v) is 22.6. The fourth-order valence-electron chi connectivity index (χ4n) is 20.1. The molecule has 26 aromatic rings. The molecule has 0 amide bonds. The Morgan fingerprint density at radius 2 is 0.597 bits per heavy atom. The van der Waals surface area contributed by atoms with Gasteiger partial charge in [0.1, 0.15) is 0 Å². The number of nitrogens with zero attached hydrogens (tertiary/aromatic N) is 6. The molecule has 0 bridgehead atoms. The molecular weight excluding hydrogens is 1540 g/mol. The maximum absolute atomic E-state index is 5.87. The highest BCUT2D eigenvalue weighted by Gasteiger charge is 2.29. The van der Waals surface area contributed by atoms with Gasteiger partial charge >= 0.3 is 0 Å². The van der Waals surface area contributed by atoms with Gasteiger partial charge in [0.2, 0.25) is 5.95 Å². The van der Waals surface area contributed by atoms with Crippen LogP contribution in [0.5, 0.6) is 0 Å². The summed E-state index contributed by atoms with van der Waals surface area (Å²) < 4.78 is 9.81. The lowest BCUT2D eigenvalue weighted by atomic mass is 9.86. The number of para-hydroxylation sites is 3. The van der Waals surface area contributed by atoms with Crippen molar-refractivity contribution in [3.05, 3.63) is 413 Å². The van der Waals surface area contributed by atoms with Gasteiger partial charge in [-0.3, -0.25) is 4.57 Å². The highest BCUT2D eigenvalue weighted by atomic mass is 32.1. The van der Waals surface area contributed by atoms with Crippen LogP contribution >= 0.6 is 22.7 Å². The Labute approximate surface area is 720 Å². The Morgan fingerprint density at radius 3 is 1.19 bits per heavy atom. The first kappa shape index (κ1) is 70.0. The molecule has 0 aliphatic heterocycles. The zero-order chi connectivity index (χ0) is 81.2. The molecule has 6 heterocycles. The smallest absolute Gasteiger partial charge is 0.238 e. The Morgan fingerprint density at radius 1 is 0.194 bits per heavy atom. The van der Waals surface area contributed by atoms with Crippen LogP contribution in [0, 0.1) is 0 Å². The van der Waals surface area contributed by atoms with Crippen molar-refractivity contribution in [3.63, 3.8) is 0 Å². The molecule has 0 aliphatic carbocycles. The molecule has 8 heteroatoms. The Bertz CT molecular complexity index is 8920. The third-order valence-electron chi connectivity index (χ3n) is 25.7. The lowest BCUT2D eigenvalue weighted by Gasteiger charge is -2.18. The molecular formula is C116H68N6S2. The Kier molecular flexibility index (Phi) is 15.7. The van der Waals surface area contributed by atoms with Crippen LogP contribution in [0.15, 0.2) is 413 Å². The van der Waals surface area contributed by atoms with Crippen LogP contribution in [-0.2, 0) is 0 Å². The maximum atomic E-state index is 5.87. The van der Waals surface area contributed by atoms with E-state index in [1.54, 1.807) is 0 Å². The number of hydrogen-bond acceptors (Lipinski definition) is 6. The van der Waals surface area contributed by atoms with Crippen molar-refractivity contribution in [1.29, 1.82) is 0 Å². The molecule has 124 heavy (non-hydrogen) atoms. The van der Waals surface area contributed by atoms with Crippen LogP contribution in [0.1, 0.15) is 0 Å². The van der Waals surface area contributed by atoms with Crippen molar-refractivity contribution in [2.75, 3.05) is 0 Å². The standard InChI is InChI=1S/C116H68N6S2/c1-4-27-69(28-5-1)114-118-115(70-29-6-2-7-30-70)120-116(119-114)122-104-49-20-16-41-89(104)102-68-101(108-95-44-17-21-50-105(95)121(111(108)110(102)122)77-33-8-3-9-34-77)87-59-55-72(74-54-58-85-81-37-11-10-35-79(81)80-36-12-14-39-83(80)98(85)66-74)64-97(87)75-32-24-31-71(63-75)73-53-57-86-82-38-13-15-40-84(82)100-67-76(56-60-88(100)99(86)65-73)78-61-62-103(94-47-25-45-92-90-42-18-22-51-106(90)123-112(92)94)117-109(78)96-48-26-46-93-91-43-19-23-52-107(91)124-113(93)96/h1-68H. The summed E-state index contributed by atoms with van der Waals surface area (Å²) in [7, 11) is 0. The maximum Gasteiger partial charge on any atom is 0.238 e. The number of rotatable bonds is 11. The van der Waals surface area contributed by atoms with Crippen LogP contribution in [0.2, 0.25) is 0 Å². The van der Waals surface area contributed by atoms with E-state index in [1.165, 1.54) is 105 Å². The van der Waals surface area contributed by atoms with Gasteiger partial charge in [-0.15, -0.1) is 22.7 Å². The van der Waals surface area contributed by atoms with Gasteiger partial charge in [0, 0.05) is 95.4 Å². The summed E-state index contributed by atoms with van der Waals surface area (Å²) in [6.45, 7) is 0. The van der Waals surface area contributed by atoms with Crippen molar-refractivity contribution >= 4 is 171 Å². The molecule has 0 saturated carbocycles. The average molecular weight is 1610 g/mol. The van der Waals surface area contributed by atoms with Gasteiger partial charge in [-0.1, -0.05) is 334 Å². The third-order valence-corrected chi connectivity index (χ3v) is 28.2. The van der Waals surface area contributed by atoms with Gasteiger partial charge in [0.25, 0.3) is 0 Å². The topological polar surface area (TPSA) is 61.4 Å². The van der Waals surface area contributed by atoms with Crippen LogP contribution in [0.4, 0.5) is 0 Å². The second kappa shape index (κ2) is 27.9. The second-order valence-electron chi connectivity index (χ2n) is 32.5. The van der Waals surface area contributed by atoms with Crippen molar-refractivity contribution in [3.8, 4) is 113 Å². The molecule has 0 spiro atoms. The van der Waals surface area contributed by atoms with Gasteiger partial charge in [-0.2, -0.15) is 9.97 Å². The Hall–Kier alpha value is -15.8. The normalized spacial score (nSPS) is 12.0. The molecule has 0 aliphatic rings. The van der Waals surface area contributed by atoms with E-state index >= 15 is 0 Å². The first-order valence-corrected chi connectivity index (χ1v) is 43.9. The van der Waals surface area contributed by atoms with E-state index < -0.39 is 0 Å². The highest BCUT2D eigenvalue weighted by Crippen LogP contribution is 2.52. The van der Waals surface area contributed by atoms with E-state index in [0.717, 1.165) is 139 Å². The molecule has 0 N–H and O–H groups in total. The quantitative estimate of drug-likeness (QED) is 0.121. The summed E-state index contributed by atoms with van der Waals surface area (Å²) >= 11 is 3.70. The summed E-state index contributed by atoms with van der Waals surface area (Å²) in [6.07, 6.45) is 0. The molecule has 6 aromatic heterocycles. The zero-order valence-electron chi connectivity index (χ0n) is 66.8. The molecule has 26 rings (SSSR count). The van der Waals surface area contributed by atoms with E-state index in [0.29, 0.717) is 17.6 Å². The van der Waals surface area contributed by atoms with Crippen molar-refractivity contribution < 1.29 is 0 Å². The van der Waals surface area contributed by atoms with Crippen LogP contribution in [-0.4, -0.2) is 29.1 Å². The van der Waals surface area contributed by atoms with E-state index in [9.17, 15) is 0 Å². The molecule has 0 atom stereocenters. The summed E-state index contributed by atoms with van der Waals surface area (Å²) in [5.74, 6) is 1.71. The van der Waals surface area contributed by atoms with Gasteiger partial charge in [-0.05, 0) is 194 Å². The summed E-state index contributed by atoms with van der Waals surface area (Å²) in [5.41, 5.74) is 22.2. The van der Waals surface area contributed by atoms with Crippen LogP contribution in [0.3, 0.4) is 0 Å². The predicted molar refractivity (Wildman–Crippen MR) is 526 cm³/mol. The Balaban J connectivity index is 0.691. The summed E-state index contributed by atoms with van der Waals surface area (Å²) in [6, 6.07) is 152. The zero-order valence-corrected chi connectivity index (χ0v) is 68.4. The number of hydrogen-bond donors (Lipinski definition) is 0. The average Bonchev–Trinajstić information content (AvgIpc) is 1.53. The number of pyridine rings is 1. The van der Waals surface area contributed by atoms with Crippen molar-refractivity contribution in [2.45, 2.75) is 0 Å². The predicted octanol–water partition coefficient (Wildman–Crippen LogP) is 32.1. The first-order chi connectivity index (χ1) is 61.5. The molecule has 0 radical (unpaired) electrons. The molecule has 574 valence electrons. The minimum Gasteiger partial charge on any atom is -0.307 e. The first-order valence-electron chi connectivity index (χ1n) is 42.2. The molecule has 0 saturated heterocycles. The van der Waals surface area contributed by atoms with E-state index in [2.05, 4.69) is 385 Å². The van der Waals surface area contributed by atoms with Crippen LogP contribution in [0.25, 0.3) is 261 Å². The molecule has 0 unspecified atom stereocenters. The lowest BCUT2D eigenvalue weighted by molar-refractivity contribution is 0.953. The number of fused-ring (bicyclic) bond motifs is 25. The number of benzene rings is 20. The summed E-state index contributed by atoms with van der Waals surface area (Å²) in [4.78, 5) is 22.2. The molecule has 0 fully saturated rings.